The van der Waals surface area contributed by atoms with Crippen LogP contribution < -0.4 is 19.7 Å². The highest BCUT2D eigenvalue weighted by Gasteiger charge is 2.23. The van der Waals surface area contributed by atoms with Gasteiger partial charge in [-0.25, -0.2) is 0 Å². The highest BCUT2D eigenvalue weighted by Crippen LogP contribution is 2.37. The summed E-state index contributed by atoms with van der Waals surface area (Å²) in [6.45, 7) is 3.20. The molecule has 1 aliphatic heterocycles. The van der Waals surface area contributed by atoms with E-state index >= 15 is 0 Å². The second kappa shape index (κ2) is 8.40. The van der Waals surface area contributed by atoms with Gasteiger partial charge in [-0.1, -0.05) is 18.5 Å². The molecule has 1 unspecified atom stereocenters. The molecule has 3 rings (SSSR count). The number of rotatable bonds is 6. The fourth-order valence-corrected chi connectivity index (χ4v) is 3.52. The molecular weight excluding hydrogens is 354 g/mol. The van der Waals surface area contributed by atoms with Crippen molar-refractivity contribution in [1.82, 2.24) is 15.2 Å². The lowest BCUT2D eigenvalue weighted by molar-refractivity contribution is 0.405. The second-order valence-corrected chi connectivity index (χ2v) is 6.61. The van der Waals surface area contributed by atoms with Gasteiger partial charge in [0.1, 0.15) is 11.5 Å². The summed E-state index contributed by atoms with van der Waals surface area (Å²) in [7, 11) is 3.15. The van der Waals surface area contributed by atoms with Crippen molar-refractivity contribution in [2.45, 2.75) is 38.6 Å². The second-order valence-electron chi connectivity index (χ2n) is 6.20. The fraction of sp³-hybridized carbons (Fsp3) is 0.500. The van der Waals surface area contributed by atoms with Gasteiger partial charge in [0, 0.05) is 24.7 Å². The Labute approximate surface area is 158 Å². The van der Waals surface area contributed by atoms with Gasteiger partial charge in [-0.05, 0) is 25.7 Å². The van der Waals surface area contributed by atoms with E-state index in [4.69, 9.17) is 21.1 Å². The Hall–Kier alpha value is -2.28. The van der Waals surface area contributed by atoms with E-state index in [0.29, 0.717) is 34.2 Å². The van der Waals surface area contributed by atoms with Crippen LogP contribution in [0.5, 0.6) is 11.5 Å². The topological polar surface area (TPSA) is 72.4 Å². The molecule has 7 nitrogen and oxygen atoms in total. The van der Waals surface area contributed by atoms with Gasteiger partial charge < -0.3 is 19.7 Å². The molecule has 1 N–H and O–H groups in total. The first-order valence-corrected chi connectivity index (χ1v) is 9.19. The minimum absolute atomic E-state index is 0.408. The Balaban J connectivity index is 1.87. The van der Waals surface area contributed by atoms with Crippen LogP contribution in [0.4, 0.5) is 17.5 Å². The van der Waals surface area contributed by atoms with Crippen LogP contribution in [0.2, 0.25) is 5.02 Å². The number of anilines is 3. The number of benzene rings is 1. The quantitative estimate of drug-likeness (QED) is 0.813. The van der Waals surface area contributed by atoms with Crippen LogP contribution in [0.25, 0.3) is 0 Å². The van der Waals surface area contributed by atoms with Crippen molar-refractivity contribution in [2.24, 2.45) is 0 Å². The number of hydrogen-bond donors (Lipinski definition) is 1. The van der Waals surface area contributed by atoms with Crippen LogP contribution in [0, 0.1) is 0 Å². The lowest BCUT2D eigenvalue weighted by atomic mass is 10.0. The van der Waals surface area contributed by atoms with Crippen LogP contribution in [0.1, 0.15) is 32.6 Å². The lowest BCUT2D eigenvalue weighted by Gasteiger charge is -2.35. The predicted molar refractivity (Wildman–Crippen MR) is 103 cm³/mol. The zero-order valence-electron chi connectivity index (χ0n) is 15.3. The van der Waals surface area contributed by atoms with Gasteiger partial charge in [0.15, 0.2) is 5.82 Å². The highest BCUT2D eigenvalue weighted by molar-refractivity contribution is 6.32. The summed E-state index contributed by atoms with van der Waals surface area (Å²) >= 11 is 6.16. The van der Waals surface area contributed by atoms with E-state index in [9.17, 15) is 0 Å². The highest BCUT2D eigenvalue weighted by atomic mass is 35.5. The minimum Gasteiger partial charge on any atom is -0.495 e. The molecule has 26 heavy (non-hydrogen) atoms. The minimum atomic E-state index is 0.408. The number of aromatic nitrogens is 3. The van der Waals surface area contributed by atoms with Crippen LogP contribution in [-0.4, -0.2) is 42.0 Å². The number of methoxy groups -OCH3 is 2. The van der Waals surface area contributed by atoms with E-state index in [1.54, 1.807) is 32.5 Å². The van der Waals surface area contributed by atoms with Crippen molar-refractivity contribution in [3.63, 3.8) is 0 Å². The Bertz CT molecular complexity index is 758. The maximum absolute atomic E-state index is 6.16. The average molecular weight is 378 g/mol. The molecule has 140 valence electrons. The third-order valence-corrected chi connectivity index (χ3v) is 4.95. The summed E-state index contributed by atoms with van der Waals surface area (Å²) in [5, 5.41) is 11.9. The Kier molecular flexibility index (Phi) is 5.98. The van der Waals surface area contributed by atoms with Crippen molar-refractivity contribution in [3.8, 4) is 11.5 Å². The summed E-state index contributed by atoms with van der Waals surface area (Å²) in [6, 6.07) is 3.95. The smallest absolute Gasteiger partial charge is 0.249 e. The van der Waals surface area contributed by atoms with Gasteiger partial charge in [0.25, 0.3) is 0 Å². The maximum atomic E-state index is 6.16. The molecule has 1 atom stereocenters. The van der Waals surface area contributed by atoms with E-state index in [1.165, 1.54) is 19.3 Å². The molecule has 0 radical (unpaired) electrons. The molecule has 2 aromatic rings. The van der Waals surface area contributed by atoms with Crippen molar-refractivity contribution in [3.05, 3.63) is 23.4 Å². The molecule has 1 aromatic carbocycles. The molecule has 0 saturated carbocycles. The number of nitrogens with zero attached hydrogens (tertiary/aromatic N) is 4. The van der Waals surface area contributed by atoms with Crippen molar-refractivity contribution < 1.29 is 9.47 Å². The van der Waals surface area contributed by atoms with E-state index in [0.717, 1.165) is 18.8 Å². The summed E-state index contributed by atoms with van der Waals surface area (Å²) in [5.41, 5.74) is 0.665. The zero-order chi connectivity index (χ0) is 18.5. The average Bonchev–Trinajstić information content (AvgIpc) is 2.69. The van der Waals surface area contributed by atoms with Gasteiger partial charge >= 0.3 is 0 Å². The van der Waals surface area contributed by atoms with Gasteiger partial charge in [-0.15, -0.1) is 5.10 Å². The normalized spacial score (nSPS) is 17.1. The molecular formula is C18H24ClN5O2. The summed E-state index contributed by atoms with van der Waals surface area (Å²) in [6.07, 6.45) is 6.44. The maximum Gasteiger partial charge on any atom is 0.249 e. The molecule has 1 aliphatic rings. The summed E-state index contributed by atoms with van der Waals surface area (Å²) in [5.74, 6) is 2.37. The first-order chi connectivity index (χ1) is 12.7. The van der Waals surface area contributed by atoms with E-state index in [2.05, 4.69) is 32.3 Å². The molecule has 0 amide bonds. The van der Waals surface area contributed by atoms with Crippen LogP contribution >= 0.6 is 11.6 Å². The molecule has 0 bridgehead atoms. The largest absolute Gasteiger partial charge is 0.495 e. The third-order valence-electron chi connectivity index (χ3n) is 4.66. The Morgan fingerprint density at radius 2 is 2.04 bits per heavy atom. The standard InChI is InChI=1S/C18H24ClN5O2/c1-4-12-7-5-6-8-24(12)17-11-20-23-18(22-17)21-14-10-15(25-2)13(19)9-16(14)26-3/h9-12H,4-8H2,1-3H3,(H,21,22,23). The fourth-order valence-electron chi connectivity index (χ4n) is 3.29. The van der Waals surface area contributed by atoms with Crippen molar-refractivity contribution in [1.29, 1.82) is 0 Å². The molecule has 0 aliphatic carbocycles. The van der Waals surface area contributed by atoms with Crippen LogP contribution in [0.3, 0.4) is 0 Å². The van der Waals surface area contributed by atoms with E-state index in [1.807, 2.05) is 0 Å². The van der Waals surface area contributed by atoms with E-state index < -0.39 is 0 Å². The lowest BCUT2D eigenvalue weighted by Crippen LogP contribution is -2.39. The van der Waals surface area contributed by atoms with Crippen LogP contribution in [-0.2, 0) is 0 Å². The summed E-state index contributed by atoms with van der Waals surface area (Å²) < 4.78 is 10.7. The SMILES string of the molecule is CCC1CCCCN1c1cnnc(Nc2cc(OC)c(Cl)cc2OC)n1. The van der Waals surface area contributed by atoms with Crippen LogP contribution in [0.15, 0.2) is 18.3 Å². The van der Waals surface area contributed by atoms with Crippen molar-refractivity contribution >= 4 is 29.1 Å². The Morgan fingerprint density at radius 3 is 2.77 bits per heavy atom. The monoisotopic (exact) mass is 377 g/mol. The zero-order valence-corrected chi connectivity index (χ0v) is 16.1. The molecule has 2 heterocycles. The number of ether oxygens (including phenoxy) is 2. The molecule has 1 saturated heterocycles. The van der Waals surface area contributed by atoms with Gasteiger partial charge in [0.2, 0.25) is 5.95 Å². The molecule has 8 heteroatoms. The first kappa shape index (κ1) is 18.5. The molecule has 0 spiro atoms. The number of nitrogens with one attached hydrogen (secondary N) is 1. The van der Waals surface area contributed by atoms with Crippen molar-refractivity contribution in [2.75, 3.05) is 31.0 Å². The van der Waals surface area contributed by atoms with Gasteiger partial charge in [-0.3, -0.25) is 0 Å². The first-order valence-electron chi connectivity index (χ1n) is 8.81. The number of halogens is 1. The Morgan fingerprint density at radius 1 is 1.23 bits per heavy atom. The van der Waals surface area contributed by atoms with E-state index in [-0.39, 0.29) is 0 Å². The number of piperidine rings is 1. The molecule has 1 aromatic heterocycles. The van der Waals surface area contributed by atoms with Gasteiger partial charge in [0.05, 0.1) is 31.1 Å². The molecule has 1 fully saturated rings. The number of hydrogen-bond acceptors (Lipinski definition) is 7. The summed E-state index contributed by atoms with van der Waals surface area (Å²) in [4.78, 5) is 6.98. The third kappa shape index (κ3) is 3.93. The predicted octanol–water partition coefficient (Wildman–Crippen LogP) is 4.05. The van der Waals surface area contributed by atoms with Gasteiger partial charge in [-0.2, -0.15) is 10.1 Å².